The van der Waals surface area contributed by atoms with E-state index in [9.17, 15) is 13.2 Å². The third-order valence-corrected chi connectivity index (χ3v) is 8.27. The number of aliphatic imine (C=N–C) groups is 1. The Bertz CT molecular complexity index is 836. The van der Waals surface area contributed by atoms with Crippen molar-refractivity contribution in [3.05, 3.63) is 28.7 Å². The lowest BCUT2D eigenvalue weighted by Gasteiger charge is -2.24. The van der Waals surface area contributed by atoms with Gasteiger partial charge in [-0.2, -0.15) is 4.99 Å². The molecule has 0 aliphatic carbocycles. The Labute approximate surface area is 159 Å². The Morgan fingerprint density at radius 3 is 2.92 bits per heavy atom. The van der Waals surface area contributed by atoms with Gasteiger partial charge in [-0.15, -0.1) is 0 Å². The summed E-state index contributed by atoms with van der Waals surface area (Å²) >= 11 is 4.83. The molecule has 0 N–H and O–H groups in total. The molecule has 3 saturated heterocycles. The van der Waals surface area contributed by atoms with E-state index in [1.54, 1.807) is 0 Å². The van der Waals surface area contributed by atoms with Crippen LogP contribution in [-0.2, 0) is 19.4 Å². The van der Waals surface area contributed by atoms with Gasteiger partial charge in [-0.1, -0.05) is 33.8 Å². The summed E-state index contributed by atoms with van der Waals surface area (Å²) in [7, 11) is -3.06. The number of anilines is 1. The highest BCUT2D eigenvalue weighted by Gasteiger charge is 2.49. The standard InChI is InChI=1S/C16H17BrN2O4S2/c17-10-3-1-4-11(7-10)19-12-8-25(21,22)9-14(12)24-16(19)18-15(20)13-5-2-6-23-13/h1,3-4,7,12-14H,2,5-6,8-9H2/t12-,13-,14-/m0/s1. The van der Waals surface area contributed by atoms with Crippen LogP contribution < -0.4 is 4.90 Å². The molecule has 134 valence electrons. The fourth-order valence-corrected chi connectivity index (χ4v) is 7.74. The maximum absolute atomic E-state index is 12.4. The fraction of sp³-hybridized carbons (Fsp3) is 0.500. The van der Waals surface area contributed by atoms with Crippen molar-refractivity contribution in [3.8, 4) is 0 Å². The second kappa shape index (κ2) is 6.68. The van der Waals surface area contributed by atoms with Gasteiger partial charge in [0.25, 0.3) is 5.91 Å². The first-order chi connectivity index (χ1) is 11.9. The molecule has 1 amide bonds. The maximum Gasteiger partial charge on any atom is 0.277 e. The molecule has 0 bridgehead atoms. The second-order valence-corrected chi connectivity index (χ2v) is 10.7. The summed E-state index contributed by atoms with van der Waals surface area (Å²) in [6.45, 7) is 0.591. The van der Waals surface area contributed by atoms with Gasteiger partial charge in [0, 0.05) is 22.0 Å². The topological polar surface area (TPSA) is 76.0 Å². The summed E-state index contributed by atoms with van der Waals surface area (Å²) in [4.78, 5) is 18.6. The van der Waals surface area contributed by atoms with Crippen molar-refractivity contribution >= 4 is 54.3 Å². The number of amides is 1. The molecule has 3 atom stereocenters. The predicted molar refractivity (Wildman–Crippen MR) is 102 cm³/mol. The SMILES string of the molecule is O=C(N=C1S[C@H]2CS(=O)(=O)C[C@@H]2N1c1cccc(Br)c1)[C@@H]1CCCO1. The van der Waals surface area contributed by atoms with Gasteiger partial charge in [-0.25, -0.2) is 8.42 Å². The van der Waals surface area contributed by atoms with Gasteiger partial charge in [0.15, 0.2) is 15.0 Å². The molecule has 6 nitrogen and oxygen atoms in total. The molecule has 3 aliphatic heterocycles. The zero-order valence-corrected chi connectivity index (χ0v) is 16.5. The number of benzene rings is 1. The molecule has 1 aromatic carbocycles. The molecular weight excluding hydrogens is 428 g/mol. The van der Waals surface area contributed by atoms with E-state index in [-0.39, 0.29) is 28.7 Å². The highest BCUT2D eigenvalue weighted by atomic mass is 79.9. The third-order valence-electron chi connectivity index (χ3n) is 4.56. The molecule has 3 aliphatic rings. The minimum atomic E-state index is -3.06. The van der Waals surface area contributed by atoms with Gasteiger partial charge in [0.2, 0.25) is 0 Å². The molecule has 3 fully saturated rings. The Morgan fingerprint density at radius 2 is 2.20 bits per heavy atom. The van der Waals surface area contributed by atoms with Crippen LogP contribution in [0.15, 0.2) is 33.7 Å². The van der Waals surface area contributed by atoms with Crippen molar-refractivity contribution < 1.29 is 17.9 Å². The summed E-state index contributed by atoms with van der Waals surface area (Å²) in [5, 5.41) is 0.475. The molecule has 3 heterocycles. The number of fused-ring (bicyclic) bond motifs is 1. The number of amidine groups is 1. The molecule has 0 saturated carbocycles. The molecular formula is C16H17BrN2O4S2. The van der Waals surface area contributed by atoms with Gasteiger partial charge in [0.05, 0.1) is 17.5 Å². The molecule has 1 aromatic rings. The van der Waals surface area contributed by atoms with Crippen LogP contribution in [0.2, 0.25) is 0 Å². The summed E-state index contributed by atoms with van der Waals surface area (Å²) in [5.41, 5.74) is 0.838. The first-order valence-electron chi connectivity index (χ1n) is 8.09. The highest BCUT2D eigenvalue weighted by molar-refractivity contribution is 9.10. The molecule has 0 unspecified atom stereocenters. The summed E-state index contributed by atoms with van der Waals surface area (Å²) in [5.74, 6) is -0.0626. The Morgan fingerprint density at radius 1 is 1.36 bits per heavy atom. The number of ether oxygens (including phenoxy) is 1. The van der Waals surface area contributed by atoms with E-state index < -0.39 is 15.9 Å². The lowest BCUT2D eigenvalue weighted by molar-refractivity contribution is -0.126. The van der Waals surface area contributed by atoms with E-state index in [0.717, 1.165) is 16.6 Å². The van der Waals surface area contributed by atoms with Crippen LogP contribution in [0.25, 0.3) is 0 Å². The quantitative estimate of drug-likeness (QED) is 0.695. The van der Waals surface area contributed by atoms with Crippen LogP contribution in [0.1, 0.15) is 12.8 Å². The Hall–Kier alpha value is -0.900. The van der Waals surface area contributed by atoms with Crippen molar-refractivity contribution in [3.63, 3.8) is 0 Å². The summed E-state index contributed by atoms with van der Waals surface area (Å²) in [6.07, 6.45) is 1.09. The van der Waals surface area contributed by atoms with E-state index in [1.165, 1.54) is 11.8 Å². The highest BCUT2D eigenvalue weighted by Crippen LogP contribution is 2.41. The second-order valence-electron chi connectivity index (χ2n) is 6.38. The average Bonchev–Trinajstić information content (AvgIpc) is 3.21. The minimum absolute atomic E-state index is 0.0876. The van der Waals surface area contributed by atoms with Crippen molar-refractivity contribution in [2.75, 3.05) is 23.0 Å². The number of carbonyl (C=O) groups excluding carboxylic acids is 1. The molecule has 0 aromatic heterocycles. The number of hydrogen-bond donors (Lipinski definition) is 0. The molecule has 9 heteroatoms. The van der Waals surface area contributed by atoms with Gasteiger partial charge in [-0.3, -0.25) is 4.79 Å². The van der Waals surface area contributed by atoms with Crippen LogP contribution in [0.4, 0.5) is 5.69 Å². The number of rotatable bonds is 2. The predicted octanol–water partition coefficient (Wildman–Crippen LogP) is 2.23. The van der Waals surface area contributed by atoms with E-state index in [1.807, 2.05) is 29.2 Å². The van der Waals surface area contributed by atoms with Crippen LogP contribution in [0, 0.1) is 0 Å². The van der Waals surface area contributed by atoms with Gasteiger partial charge >= 0.3 is 0 Å². The molecule has 0 spiro atoms. The van der Waals surface area contributed by atoms with E-state index in [4.69, 9.17) is 4.74 Å². The number of hydrogen-bond acceptors (Lipinski definition) is 5. The van der Waals surface area contributed by atoms with Crippen LogP contribution in [-0.4, -0.2) is 55.0 Å². The van der Waals surface area contributed by atoms with Crippen molar-refractivity contribution in [2.45, 2.75) is 30.2 Å². The lowest BCUT2D eigenvalue weighted by Crippen LogP contribution is -2.38. The zero-order chi connectivity index (χ0) is 17.6. The van der Waals surface area contributed by atoms with Gasteiger partial charge in [0.1, 0.15) is 6.10 Å². The smallest absolute Gasteiger partial charge is 0.277 e. The largest absolute Gasteiger partial charge is 0.368 e. The monoisotopic (exact) mass is 444 g/mol. The van der Waals surface area contributed by atoms with Gasteiger partial charge in [-0.05, 0) is 31.0 Å². The number of thioether (sulfide) groups is 1. The summed E-state index contributed by atoms with van der Waals surface area (Å²) in [6, 6.07) is 7.43. The van der Waals surface area contributed by atoms with E-state index in [2.05, 4.69) is 20.9 Å². The van der Waals surface area contributed by atoms with Crippen LogP contribution in [0.5, 0.6) is 0 Å². The third kappa shape index (κ3) is 3.51. The Balaban J connectivity index is 1.69. The lowest BCUT2D eigenvalue weighted by atomic mass is 10.2. The van der Waals surface area contributed by atoms with E-state index >= 15 is 0 Å². The van der Waals surface area contributed by atoms with Crippen molar-refractivity contribution in [2.24, 2.45) is 4.99 Å². The van der Waals surface area contributed by atoms with Crippen LogP contribution in [0.3, 0.4) is 0 Å². The Kier molecular flexibility index (Phi) is 4.68. The molecule has 4 rings (SSSR count). The fourth-order valence-electron chi connectivity index (χ4n) is 3.43. The maximum atomic E-state index is 12.4. The number of nitrogens with zero attached hydrogens (tertiary/aromatic N) is 2. The summed E-state index contributed by atoms with van der Waals surface area (Å²) < 4.78 is 30.4. The first-order valence-corrected chi connectivity index (χ1v) is 11.6. The number of carbonyl (C=O) groups is 1. The van der Waals surface area contributed by atoms with E-state index in [0.29, 0.717) is 18.2 Å². The normalized spacial score (nSPS) is 32.3. The average molecular weight is 445 g/mol. The number of halogens is 1. The molecule has 25 heavy (non-hydrogen) atoms. The van der Waals surface area contributed by atoms with Crippen LogP contribution >= 0.6 is 27.7 Å². The zero-order valence-electron chi connectivity index (χ0n) is 13.3. The van der Waals surface area contributed by atoms with Crippen molar-refractivity contribution in [1.29, 1.82) is 0 Å². The first kappa shape index (κ1) is 17.5. The molecule has 0 radical (unpaired) electrons. The van der Waals surface area contributed by atoms with Gasteiger partial charge < -0.3 is 9.64 Å². The minimum Gasteiger partial charge on any atom is -0.368 e. The number of sulfone groups is 1. The van der Waals surface area contributed by atoms with Crippen molar-refractivity contribution in [1.82, 2.24) is 0 Å².